The lowest BCUT2D eigenvalue weighted by Gasteiger charge is -2.52. The second-order valence-electron chi connectivity index (χ2n) is 9.33. The molecular weight excluding hydrogens is 402 g/mol. The second kappa shape index (κ2) is 7.87. The first-order valence-corrected chi connectivity index (χ1v) is 11.5. The summed E-state index contributed by atoms with van der Waals surface area (Å²) in [4.78, 5) is 13.0. The average molecular weight is 434 g/mol. The lowest BCUT2D eigenvalue weighted by atomic mass is 9.66. The van der Waals surface area contributed by atoms with Gasteiger partial charge in [0.25, 0.3) is 0 Å². The summed E-state index contributed by atoms with van der Waals surface area (Å²) in [5.41, 5.74) is 1.04. The van der Waals surface area contributed by atoms with Crippen LogP contribution >= 0.6 is 15.9 Å². The molecule has 1 aromatic rings. The van der Waals surface area contributed by atoms with Gasteiger partial charge in [-0.1, -0.05) is 54.2 Å². The number of halogens is 1. The van der Waals surface area contributed by atoms with Gasteiger partial charge >= 0.3 is 0 Å². The van der Waals surface area contributed by atoms with E-state index in [1.54, 1.807) is 0 Å². The summed E-state index contributed by atoms with van der Waals surface area (Å²) >= 11 is 3.53. The van der Waals surface area contributed by atoms with Crippen LogP contribution in [0.1, 0.15) is 76.9 Å². The first-order valence-electron chi connectivity index (χ1n) is 10.7. The fourth-order valence-electron chi connectivity index (χ4n) is 5.59. The van der Waals surface area contributed by atoms with E-state index in [0.29, 0.717) is 11.8 Å². The van der Waals surface area contributed by atoms with Crippen LogP contribution in [0.15, 0.2) is 28.7 Å². The highest BCUT2D eigenvalue weighted by Gasteiger charge is 2.49. The van der Waals surface area contributed by atoms with Gasteiger partial charge < -0.3 is 10.1 Å². The number of hydrogen-bond donors (Lipinski definition) is 1. The van der Waals surface area contributed by atoms with Crippen LogP contribution in [0.2, 0.25) is 0 Å². The van der Waals surface area contributed by atoms with Gasteiger partial charge in [0.15, 0.2) is 0 Å². The third-order valence-electron chi connectivity index (χ3n) is 7.20. The fourth-order valence-corrected chi connectivity index (χ4v) is 5.86. The standard InChI is InChI=1S/C23H32BrNO2/c1-15-7-12-19-20(13-15)27-21(16-8-10-18(24)11-9-16)14-23(19,2)25-22(26)17-5-3-4-6-17/h8-11,15,17,19-21H,3-7,12-14H2,1-2H3,(H,25,26)/t15-,19-,20-,21-,23-/m0/s1. The summed E-state index contributed by atoms with van der Waals surface area (Å²) < 4.78 is 7.71. The average Bonchev–Trinajstić information content (AvgIpc) is 3.16. The number of nitrogens with one attached hydrogen (secondary N) is 1. The third kappa shape index (κ3) is 4.12. The molecule has 2 aliphatic carbocycles. The molecule has 1 amide bonds. The molecule has 3 nitrogen and oxygen atoms in total. The van der Waals surface area contributed by atoms with Gasteiger partial charge in [-0.25, -0.2) is 0 Å². The Morgan fingerprint density at radius 1 is 1.15 bits per heavy atom. The molecule has 5 atom stereocenters. The zero-order valence-electron chi connectivity index (χ0n) is 16.5. The van der Waals surface area contributed by atoms with E-state index in [2.05, 4.69) is 59.4 Å². The van der Waals surface area contributed by atoms with Crippen molar-refractivity contribution >= 4 is 21.8 Å². The molecule has 148 valence electrons. The van der Waals surface area contributed by atoms with Crippen molar-refractivity contribution in [2.75, 3.05) is 0 Å². The number of carbonyl (C=O) groups excluding carboxylic acids is 1. The molecule has 2 saturated carbocycles. The summed E-state index contributed by atoms with van der Waals surface area (Å²) in [6.07, 6.45) is 9.16. The molecule has 1 aromatic carbocycles. The second-order valence-corrected chi connectivity index (χ2v) is 10.2. The molecule has 1 heterocycles. The first kappa shape index (κ1) is 19.4. The van der Waals surface area contributed by atoms with E-state index in [-0.39, 0.29) is 29.6 Å². The topological polar surface area (TPSA) is 38.3 Å². The number of benzene rings is 1. The molecule has 3 fully saturated rings. The Hall–Kier alpha value is -0.870. The van der Waals surface area contributed by atoms with Crippen molar-refractivity contribution < 1.29 is 9.53 Å². The summed E-state index contributed by atoms with van der Waals surface area (Å²) in [5, 5.41) is 3.53. The highest BCUT2D eigenvalue weighted by atomic mass is 79.9. The molecule has 4 heteroatoms. The van der Waals surface area contributed by atoms with Crippen molar-refractivity contribution in [2.45, 2.75) is 83.0 Å². The first-order chi connectivity index (χ1) is 12.9. The van der Waals surface area contributed by atoms with Crippen LogP contribution in [0.5, 0.6) is 0 Å². The minimum atomic E-state index is -0.180. The van der Waals surface area contributed by atoms with Crippen LogP contribution in [0, 0.1) is 17.8 Å². The number of amides is 1. The van der Waals surface area contributed by atoms with Crippen LogP contribution in [-0.4, -0.2) is 17.6 Å². The number of fused-ring (bicyclic) bond motifs is 1. The van der Waals surface area contributed by atoms with Gasteiger partial charge in [0.2, 0.25) is 5.91 Å². The van der Waals surface area contributed by atoms with Crippen LogP contribution in [0.25, 0.3) is 0 Å². The van der Waals surface area contributed by atoms with Crippen LogP contribution in [0.3, 0.4) is 0 Å². The van der Waals surface area contributed by atoms with Gasteiger partial charge in [-0.2, -0.15) is 0 Å². The minimum absolute atomic E-state index is 0.0542. The van der Waals surface area contributed by atoms with Crippen LogP contribution in [0.4, 0.5) is 0 Å². The SMILES string of the molecule is C[C@H]1CC[C@H]2[C@H](C1)O[C@H](c1ccc(Br)cc1)C[C@]2(C)NC(=O)C1CCCC1. The molecule has 0 aromatic heterocycles. The Morgan fingerprint density at radius 3 is 2.56 bits per heavy atom. The summed E-state index contributed by atoms with van der Waals surface area (Å²) in [6, 6.07) is 8.48. The molecule has 0 unspecified atom stereocenters. The summed E-state index contributed by atoms with van der Waals surface area (Å²) in [7, 11) is 0. The predicted molar refractivity (Wildman–Crippen MR) is 111 cm³/mol. The predicted octanol–water partition coefficient (Wildman–Crippen LogP) is 5.78. The Labute approximate surface area is 171 Å². The van der Waals surface area contributed by atoms with Crippen molar-refractivity contribution in [3.8, 4) is 0 Å². The maximum Gasteiger partial charge on any atom is 0.223 e. The monoisotopic (exact) mass is 433 g/mol. The van der Waals surface area contributed by atoms with Gasteiger partial charge in [0.1, 0.15) is 0 Å². The van der Waals surface area contributed by atoms with Gasteiger partial charge in [0, 0.05) is 28.3 Å². The van der Waals surface area contributed by atoms with Crippen molar-refractivity contribution in [3.63, 3.8) is 0 Å². The van der Waals surface area contributed by atoms with Crippen molar-refractivity contribution in [3.05, 3.63) is 34.3 Å². The number of rotatable bonds is 3. The highest BCUT2D eigenvalue weighted by molar-refractivity contribution is 9.10. The van der Waals surface area contributed by atoms with Gasteiger partial charge in [0.05, 0.1) is 12.2 Å². The maximum absolute atomic E-state index is 13.0. The molecule has 0 spiro atoms. The molecule has 3 aliphatic rings. The summed E-state index contributed by atoms with van der Waals surface area (Å²) in [5.74, 6) is 1.62. The Morgan fingerprint density at radius 2 is 1.85 bits per heavy atom. The quantitative estimate of drug-likeness (QED) is 0.655. The van der Waals surface area contributed by atoms with E-state index in [1.165, 1.54) is 24.8 Å². The molecule has 0 bridgehead atoms. The van der Waals surface area contributed by atoms with Crippen LogP contribution < -0.4 is 5.32 Å². The van der Waals surface area contributed by atoms with Crippen molar-refractivity contribution in [1.82, 2.24) is 5.32 Å². The molecule has 1 N–H and O–H groups in total. The molecule has 1 aliphatic heterocycles. The highest BCUT2D eigenvalue weighted by Crippen LogP contribution is 2.48. The van der Waals surface area contributed by atoms with E-state index in [0.717, 1.165) is 36.6 Å². The zero-order chi connectivity index (χ0) is 19.0. The lowest BCUT2D eigenvalue weighted by Crippen LogP contribution is -2.61. The van der Waals surface area contributed by atoms with E-state index >= 15 is 0 Å². The normalized spacial score (nSPS) is 37.0. The smallest absolute Gasteiger partial charge is 0.223 e. The molecule has 0 radical (unpaired) electrons. The molecular formula is C23H32BrNO2. The third-order valence-corrected chi connectivity index (χ3v) is 7.73. The van der Waals surface area contributed by atoms with E-state index in [9.17, 15) is 4.79 Å². The molecule has 27 heavy (non-hydrogen) atoms. The zero-order valence-corrected chi connectivity index (χ0v) is 18.1. The number of hydrogen-bond acceptors (Lipinski definition) is 2. The van der Waals surface area contributed by atoms with E-state index in [4.69, 9.17) is 4.74 Å². The maximum atomic E-state index is 13.0. The van der Waals surface area contributed by atoms with E-state index < -0.39 is 0 Å². The Balaban J connectivity index is 1.58. The van der Waals surface area contributed by atoms with Gasteiger partial charge in [-0.3, -0.25) is 4.79 Å². The largest absolute Gasteiger partial charge is 0.370 e. The molecule has 4 rings (SSSR count). The number of carbonyl (C=O) groups is 1. The van der Waals surface area contributed by atoms with Crippen LogP contribution in [-0.2, 0) is 9.53 Å². The van der Waals surface area contributed by atoms with E-state index in [1.807, 2.05) is 0 Å². The number of ether oxygens (including phenoxy) is 1. The fraction of sp³-hybridized carbons (Fsp3) is 0.696. The van der Waals surface area contributed by atoms with Gasteiger partial charge in [-0.05, 0) is 56.2 Å². The Kier molecular flexibility index (Phi) is 5.67. The van der Waals surface area contributed by atoms with Gasteiger partial charge in [-0.15, -0.1) is 0 Å². The lowest BCUT2D eigenvalue weighted by molar-refractivity contribution is -0.155. The van der Waals surface area contributed by atoms with Crippen molar-refractivity contribution in [2.24, 2.45) is 17.8 Å². The molecule has 1 saturated heterocycles. The summed E-state index contributed by atoms with van der Waals surface area (Å²) in [6.45, 7) is 4.61. The minimum Gasteiger partial charge on any atom is -0.370 e. The van der Waals surface area contributed by atoms with Crippen molar-refractivity contribution in [1.29, 1.82) is 0 Å². The Bertz CT molecular complexity index is 669.